The zero-order valence-electron chi connectivity index (χ0n) is 18.6. The molecule has 0 saturated carbocycles. The van der Waals surface area contributed by atoms with Gasteiger partial charge in [0.2, 0.25) is 0 Å². The van der Waals surface area contributed by atoms with Crippen molar-refractivity contribution in [2.75, 3.05) is 25.6 Å². The molecule has 3 amide bonds. The van der Waals surface area contributed by atoms with Gasteiger partial charge in [-0.1, -0.05) is 0 Å². The van der Waals surface area contributed by atoms with E-state index in [4.69, 9.17) is 9.47 Å². The average Bonchev–Trinajstić information content (AvgIpc) is 3.57. The summed E-state index contributed by atoms with van der Waals surface area (Å²) in [6.07, 6.45) is 1.59. The van der Waals surface area contributed by atoms with Crippen molar-refractivity contribution < 1.29 is 23.9 Å². The van der Waals surface area contributed by atoms with Crippen molar-refractivity contribution in [1.82, 2.24) is 25.1 Å². The highest BCUT2D eigenvalue weighted by atomic mass is 16.5. The largest absolute Gasteiger partial charge is 0.494 e. The molecule has 1 unspecified atom stereocenters. The van der Waals surface area contributed by atoms with Crippen molar-refractivity contribution in [3.8, 4) is 11.4 Å². The van der Waals surface area contributed by atoms with Gasteiger partial charge in [0, 0.05) is 17.9 Å². The summed E-state index contributed by atoms with van der Waals surface area (Å²) in [4.78, 5) is 39.8. The van der Waals surface area contributed by atoms with Gasteiger partial charge in [0.25, 0.3) is 17.7 Å². The number of amides is 3. The maximum absolute atomic E-state index is 13.0. The Balaban J connectivity index is 1.37. The number of anilines is 1. The van der Waals surface area contributed by atoms with Crippen LogP contribution < -0.4 is 10.1 Å². The number of nitrogens with zero attached hydrogens (tertiary/aromatic N) is 5. The van der Waals surface area contributed by atoms with Crippen molar-refractivity contribution in [2.24, 2.45) is 0 Å². The molecule has 0 radical (unpaired) electrons. The van der Waals surface area contributed by atoms with Gasteiger partial charge in [-0.25, -0.2) is 0 Å². The summed E-state index contributed by atoms with van der Waals surface area (Å²) in [7, 11) is 1.53. The number of methoxy groups -OCH3 is 1. The number of hydrogen-bond donors (Lipinski definition) is 1. The Bertz CT molecular complexity index is 1300. The van der Waals surface area contributed by atoms with Crippen molar-refractivity contribution in [3.05, 3.63) is 58.9 Å². The SMILES string of the molecule is COc1ccc(NC(=O)c2ccc3c(c2)C(=O)N(CC2CCCO2)C3=O)cc1-n1nnnc1C. The minimum absolute atomic E-state index is 0.141. The summed E-state index contributed by atoms with van der Waals surface area (Å²) < 4.78 is 12.4. The molecule has 3 heterocycles. The number of carbonyl (C=O) groups excluding carboxylic acids is 3. The maximum Gasteiger partial charge on any atom is 0.261 e. The van der Waals surface area contributed by atoms with Gasteiger partial charge in [0.1, 0.15) is 11.4 Å². The summed E-state index contributed by atoms with van der Waals surface area (Å²) in [6, 6.07) is 9.57. The van der Waals surface area contributed by atoms with Gasteiger partial charge in [0.15, 0.2) is 5.82 Å². The molecule has 1 atom stereocenters. The molecule has 11 nitrogen and oxygen atoms in total. The average molecular weight is 462 g/mol. The molecule has 3 aromatic rings. The van der Waals surface area contributed by atoms with Gasteiger partial charge in [-0.2, -0.15) is 4.68 Å². The fourth-order valence-electron chi connectivity index (χ4n) is 4.18. The second-order valence-corrected chi connectivity index (χ2v) is 8.09. The van der Waals surface area contributed by atoms with E-state index in [-0.39, 0.29) is 29.7 Å². The van der Waals surface area contributed by atoms with E-state index in [0.29, 0.717) is 35.1 Å². The van der Waals surface area contributed by atoms with Crippen LogP contribution in [0.25, 0.3) is 5.69 Å². The predicted molar refractivity (Wildman–Crippen MR) is 119 cm³/mol. The number of imide groups is 1. The lowest BCUT2D eigenvalue weighted by Crippen LogP contribution is -2.36. The van der Waals surface area contributed by atoms with Gasteiger partial charge in [-0.3, -0.25) is 19.3 Å². The molecule has 2 aliphatic rings. The normalized spacial score (nSPS) is 17.2. The lowest BCUT2D eigenvalue weighted by Gasteiger charge is -2.17. The van der Waals surface area contributed by atoms with E-state index in [1.807, 2.05) is 0 Å². The van der Waals surface area contributed by atoms with Gasteiger partial charge in [-0.15, -0.1) is 5.10 Å². The van der Waals surface area contributed by atoms with Crippen LogP contribution in [0.3, 0.4) is 0 Å². The first kappa shape index (κ1) is 21.7. The maximum atomic E-state index is 13.0. The Morgan fingerprint density at radius 3 is 2.71 bits per heavy atom. The minimum atomic E-state index is -0.426. The Morgan fingerprint density at radius 2 is 2.00 bits per heavy atom. The number of benzene rings is 2. The third kappa shape index (κ3) is 3.79. The standard InChI is InChI=1S/C23H22N6O5/c1-13-25-26-27-29(13)19-11-15(6-8-20(19)33-2)24-21(30)14-5-7-17-18(10-14)23(32)28(22(17)31)12-16-4-3-9-34-16/h5-8,10-11,16H,3-4,9,12H2,1-2H3,(H,24,30). The molecule has 1 saturated heterocycles. The Hall–Kier alpha value is -4.12. The topological polar surface area (TPSA) is 129 Å². The van der Waals surface area contributed by atoms with E-state index >= 15 is 0 Å². The Labute approximate surface area is 194 Å². The molecule has 2 aromatic carbocycles. The van der Waals surface area contributed by atoms with E-state index in [2.05, 4.69) is 20.8 Å². The number of rotatable bonds is 6. The number of carbonyl (C=O) groups is 3. The number of tetrazole rings is 1. The number of ether oxygens (including phenoxy) is 2. The van der Waals surface area contributed by atoms with Crippen LogP contribution in [0.4, 0.5) is 5.69 Å². The number of hydrogen-bond acceptors (Lipinski definition) is 8. The summed E-state index contributed by atoms with van der Waals surface area (Å²) >= 11 is 0. The molecular formula is C23H22N6O5. The van der Waals surface area contributed by atoms with Gasteiger partial charge in [-0.05, 0) is 66.6 Å². The molecule has 1 aromatic heterocycles. The van der Waals surface area contributed by atoms with Crippen LogP contribution >= 0.6 is 0 Å². The quantitative estimate of drug-likeness (QED) is 0.551. The highest BCUT2D eigenvalue weighted by Crippen LogP contribution is 2.28. The van der Waals surface area contributed by atoms with E-state index in [1.54, 1.807) is 25.1 Å². The molecule has 174 valence electrons. The zero-order valence-corrected chi connectivity index (χ0v) is 18.6. The summed E-state index contributed by atoms with van der Waals surface area (Å²) in [5.41, 5.74) is 1.81. The Morgan fingerprint density at radius 1 is 1.18 bits per heavy atom. The molecule has 34 heavy (non-hydrogen) atoms. The summed E-state index contributed by atoms with van der Waals surface area (Å²) in [6.45, 7) is 2.60. The lowest BCUT2D eigenvalue weighted by molar-refractivity contribution is 0.0475. The van der Waals surface area contributed by atoms with Gasteiger partial charge < -0.3 is 14.8 Å². The predicted octanol–water partition coefficient (Wildman–Crippen LogP) is 2.01. The number of aryl methyl sites for hydroxylation is 1. The lowest BCUT2D eigenvalue weighted by atomic mass is 10.1. The molecular weight excluding hydrogens is 440 g/mol. The van der Waals surface area contributed by atoms with E-state index in [9.17, 15) is 14.4 Å². The minimum Gasteiger partial charge on any atom is -0.494 e. The molecule has 5 rings (SSSR count). The van der Waals surface area contributed by atoms with Gasteiger partial charge in [0.05, 0.1) is 30.9 Å². The first-order chi connectivity index (χ1) is 16.5. The second kappa shape index (κ2) is 8.67. The van der Waals surface area contributed by atoms with Crippen molar-refractivity contribution >= 4 is 23.4 Å². The van der Waals surface area contributed by atoms with Crippen LogP contribution in [0, 0.1) is 6.92 Å². The monoisotopic (exact) mass is 462 g/mol. The van der Waals surface area contributed by atoms with Crippen LogP contribution in [0.1, 0.15) is 49.7 Å². The molecule has 1 N–H and O–H groups in total. The third-order valence-corrected chi connectivity index (χ3v) is 5.93. The van der Waals surface area contributed by atoms with Crippen LogP contribution in [0.5, 0.6) is 5.75 Å². The number of fused-ring (bicyclic) bond motifs is 1. The smallest absolute Gasteiger partial charge is 0.261 e. The van der Waals surface area contributed by atoms with E-state index in [1.165, 1.54) is 34.9 Å². The van der Waals surface area contributed by atoms with Gasteiger partial charge >= 0.3 is 0 Å². The first-order valence-electron chi connectivity index (χ1n) is 10.8. The summed E-state index contributed by atoms with van der Waals surface area (Å²) in [5.74, 6) is -0.118. The van der Waals surface area contributed by atoms with Crippen LogP contribution in [0.15, 0.2) is 36.4 Å². The molecule has 11 heteroatoms. The van der Waals surface area contributed by atoms with Crippen LogP contribution in [-0.4, -0.2) is 69.2 Å². The Kier molecular flexibility index (Phi) is 5.54. The molecule has 2 aliphatic heterocycles. The molecule has 0 aliphatic carbocycles. The molecule has 0 bridgehead atoms. The van der Waals surface area contributed by atoms with Crippen LogP contribution in [-0.2, 0) is 4.74 Å². The van der Waals surface area contributed by atoms with E-state index < -0.39 is 11.8 Å². The fraction of sp³-hybridized carbons (Fsp3) is 0.304. The fourth-order valence-corrected chi connectivity index (χ4v) is 4.18. The first-order valence-corrected chi connectivity index (χ1v) is 10.8. The highest BCUT2D eigenvalue weighted by molar-refractivity contribution is 6.22. The second-order valence-electron chi connectivity index (χ2n) is 8.09. The zero-order chi connectivity index (χ0) is 23.8. The van der Waals surface area contributed by atoms with Crippen molar-refractivity contribution in [3.63, 3.8) is 0 Å². The highest BCUT2D eigenvalue weighted by Gasteiger charge is 2.38. The van der Waals surface area contributed by atoms with Crippen molar-refractivity contribution in [2.45, 2.75) is 25.9 Å². The third-order valence-electron chi connectivity index (χ3n) is 5.93. The van der Waals surface area contributed by atoms with Crippen molar-refractivity contribution in [1.29, 1.82) is 0 Å². The van der Waals surface area contributed by atoms with Crippen LogP contribution in [0.2, 0.25) is 0 Å². The molecule has 0 spiro atoms. The number of nitrogens with one attached hydrogen (secondary N) is 1. The molecule has 1 fully saturated rings. The number of aromatic nitrogens is 4. The summed E-state index contributed by atoms with van der Waals surface area (Å²) in [5, 5.41) is 14.3. The van der Waals surface area contributed by atoms with E-state index in [0.717, 1.165) is 12.8 Å².